The lowest BCUT2D eigenvalue weighted by Crippen LogP contribution is -2.46. The Bertz CT molecular complexity index is 495. The van der Waals surface area contributed by atoms with E-state index in [0.29, 0.717) is 5.56 Å². The van der Waals surface area contributed by atoms with Gasteiger partial charge in [-0.05, 0) is 57.0 Å². The fourth-order valence-electron chi connectivity index (χ4n) is 2.54. The van der Waals surface area contributed by atoms with Gasteiger partial charge < -0.3 is 10.6 Å². The van der Waals surface area contributed by atoms with Crippen molar-refractivity contribution in [1.29, 1.82) is 0 Å². The van der Waals surface area contributed by atoms with Crippen LogP contribution in [0.2, 0.25) is 0 Å². The highest BCUT2D eigenvalue weighted by Gasteiger charge is 2.35. The number of hydrogen-bond acceptors (Lipinski definition) is 2. The Labute approximate surface area is 120 Å². The summed E-state index contributed by atoms with van der Waals surface area (Å²) in [5.74, 6) is -0.163. The van der Waals surface area contributed by atoms with Gasteiger partial charge in [-0.15, -0.1) is 0 Å². The van der Waals surface area contributed by atoms with Crippen molar-refractivity contribution in [2.75, 3.05) is 13.1 Å². The maximum Gasteiger partial charge on any atom is 0.226 e. The van der Waals surface area contributed by atoms with E-state index in [9.17, 15) is 9.18 Å². The van der Waals surface area contributed by atoms with Gasteiger partial charge in [-0.3, -0.25) is 4.79 Å². The number of hydrogen-bond donors (Lipinski definition) is 2. The summed E-state index contributed by atoms with van der Waals surface area (Å²) < 4.78 is 13.6. The molecule has 0 aliphatic carbocycles. The summed E-state index contributed by atoms with van der Waals surface area (Å²) in [5.41, 5.74) is 1.11. The highest BCUT2D eigenvalue weighted by Crippen LogP contribution is 2.29. The van der Waals surface area contributed by atoms with Gasteiger partial charge in [0.2, 0.25) is 5.91 Å². The van der Waals surface area contributed by atoms with Gasteiger partial charge in [0.1, 0.15) is 5.82 Å². The first-order valence-corrected chi connectivity index (χ1v) is 7.20. The van der Waals surface area contributed by atoms with E-state index in [2.05, 4.69) is 10.6 Å². The molecular formula is C16H23FN2O. The number of halogens is 1. The van der Waals surface area contributed by atoms with E-state index >= 15 is 0 Å². The Kier molecular flexibility index (Phi) is 4.43. The Hall–Kier alpha value is -1.42. The predicted molar refractivity (Wildman–Crippen MR) is 77.9 cm³/mol. The van der Waals surface area contributed by atoms with Crippen LogP contribution in [0.5, 0.6) is 0 Å². The molecule has 1 amide bonds. The lowest BCUT2D eigenvalue weighted by molar-refractivity contribution is -0.132. The number of amides is 1. The second kappa shape index (κ2) is 5.92. The average molecular weight is 278 g/mol. The zero-order chi connectivity index (χ0) is 14.8. The van der Waals surface area contributed by atoms with Gasteiger partial charge >= 0.3 is 0 Å². The van der Waals surface area contributed by atoms with Gasteiger partial charge in [0.15, 0.2) is 0 Å². The molecule has 4 heteroatoms. The van der Waals surface area contributed by atoms with Gasteiger partial charge in [-0.2, -0.15) is 0 Å². The summed E-state index contributed by atoms with van der Waals surface area (Å²) in [6.07, 6.45) is 1.68. The zero-order valence-corrected chi connectivity index (χ0v) is 12.4. The standard InChI is InChI=1S/C16H23FN2O/c1-11-4-5-13(10-14(11)17)12(2)19-15(20)16(3)6-8-18-9-7-16/h4-5,10,12,18H,6-9H2,1-3H3,(H,19,20). The number of carbonyl (C=O) groups is 1. The van der Waals surface area contributed by atoms with Crippen molar-refractivity contribution in [2.24, 2.45) is 5.41 Å². The third-order valence-corrected chi connectivity index (χ3v) is 4.30. The van der Waals surface area contributed by atoms with Gasteiger partial charge in [0.25, 0.3) is 0 Å². The molecular weight excluding hydrogens is 255 g/mol. The van der Waals surface area contributed by atoms with Crippen LogP contribution in [0, 0.1) is 18.2 Å². The van der Waals surface area contributed by atoms with Crippen LogP contribution in [0.1, 0.15) is 43.9 Å². The summed E-state index contributed by atoms with van der Waals surface area (Å²) in [5, 5.41) is 6.28. The number of aryl methyl sites for hydroxylation is 1. The lowest BCUT2D eigenvalue weighted by atomic mass is 9.80. The second-order valence-electron chi connectivity index (χ2n) is 6.01. The van der Waals surface area contributed by atoms with Crippen molar-refractivity contribution in [2.45, 2.75) is 39.7 Å². The van der Waals surface area contributed by atoms with Gasteiger partial charge in [-0.25, -0.2) is 4.39 Å². The Balaban J connectivity index is 2.04. The molecule has 1 atom stereocenters. The highest BCUT2D eigenvalue weighted by atomic mass is 19.1. The molecule has 1 aliphatic heterocycles. The molecule has 1 aromatic carbocycles. The van der Waals surface area contributed by atoms with Gasteiger partial charge in [-0.1, -0.05) is 19.1 Å². The molecule has 110 valence electrons. The van der Waals surface area contributed by atoms with Crippen molar-refractivity contribution in [3.63, 3.8) is 0 Å². The summed E-state index contributed by atoms with van der Waals surface area (Å²) in [4.78, 5) is 12.4. The molecule has 1 aromatic rings. The fraction of sp³-hybridized carbons (Fsp3) is 0.562. The third kappa shape index (κ3) is 3.18. The number of piperidine rings is 1. The van der Waals surface area contributed by atoms with Gasteiger partial charge in [0.05, 0.1) is 6.04 Å². The molecule has 1 unspecified atom stereocenters. The number of rotatable bonds is 3. The molecule has 0 bridgehead atoms. The van der Waals surface area contributed by atoms with Crippen LogP contribution in [0.4, 0.5) is 4.39 Å². The van der Waals surface area contributed by atoms with E-state index in [1.807, 2.05) is 19.9 Å². The summed E-state index contributed by atoms with van der Waals surface area (Å²) in [6, 6.07) is 4.95. The minimum Gasteiger partial charge on any atom is -0.349 e. The van der Waals surface area contributed by atoms with Crippen molar-refractivity contribution < 1.29 is 9.18 Å². The molecule has 0 radical (unpaired) electrons. The van der Waals surface area contributed by atoms with E-state index < -0.39 is 0 Å². The highest BCUT2D eigenvalue weighted by molar-refractivity contribution is 5.82. The Morgan fingerprint density at radius 3 is 2.65 bits per heavy atom. The van der Waals surface area contributed by atoms with Crippen molar-refractivity contribution in [1.82, 2.24) is 10.6 Å². The quantitative estimate of drug-likeness (QED) is 0.892. The van der Waals surface area contributed by atoms with E-state index in [1.165, 1.54) is 6.07 Å². The SMILES string of the molecule is Cc1ccc(C(C)NC(=O)C2(C)CCNCC2)cc1F. The number of carbonyl (C=O) groups excluding carboxylic acids is 1. The maximum atomic E-state index is 13.6. The molecule has 1 aliphatic rings. The minimum atomic E-state index is -0.317. The van der Waals surface area contributed by atoms with E-state index in [4.69, 9.17) is 0 Å². The first-order chi connectivity index (χ1) is 9.42. The zero-order valence-electron chi connectivity index (χ0n) is 12.4. The molecule has 3 nitrogen and oxygen atoms in total. The Morgan fingerprint density at radius 2 is 2.05 bits per heavy atom. The van der Waals surface area contributed by atoms with E-state index in [-0.39, 0.29) is 23.2 Å². The topological polar surface area (TPSA) is 41.1 Å². The molecule has 1 saturated heterocycles. The first kappa shape index (κ1) is 15.0. The van der Waals surface area contributed by atoms with Crippen molar-refractivity contribution >= 4 is 5.91 Å². The lowest BCUT2D eigenvalue weighted by Gasteiger charge is -2.33. The molecule has 0 aromatic heterocycles. The summed E-state index contributed by atoms with van der Waals surface area (Å²) >= 11 is 0. The first-order valence-electron chi connectivity index (χ1n) is 7.20. The van der Waals surface area contributed by atoms with Crippen LogP contribution in [0.15, 0.2) is 18.2 Å². The van der Waals surface area contributed by atoms with E-state index in [0.717, 1.165) is 31.5 Å². The van der Waals surface area contributed by atoms with Crippen molar-refractivity contribution in [3.8, 4) is 0 Å². The Morgan fingerprint density at radius 1 is 1.40 bits per heavy atom. The largest absolute Gasteiger partial charge is 0.349 e. The van der Waals surface area contributed by atoms with Crippen LogP contribution in [0.3, 0.4) is 0 Å². The average Bonchev–Trinajstić information content (AvgIpc) is 2.42. The maximum absolute atomic E-state index is 13.6. The molecule has 2 N–H and O–H groups in total. The third-order valence-electron chi connectivity index (χ3n) is 4.30. The molecule has 1 fully saturated rings. The molecule has 0 spiro atoms. The molecule has 20 heavy (non-hydrogen) atoms. The minimum absolute atomic E-state index is 0.0625. The van der Waals surface area contributed by atoms with Crippen molar-refractivity contribution in [3.05, 3.63) is 35.1 Å². The summed E-state index contributed by atoms with van der Waals surface area (Å²) in [6.45, 7) is 7.38. The van der Waals surface area contributed by atoms with E-state index in [1.54, 1.807) is 13.0 Å². The van der Waals surface area contributed by atoms with Crippen LogP contribution in [-0.4, -0.2) is 19.0 Å². The molecule has 1 heterocycles. The number of nitrogens with one attached hydrogen (secondary N) is 2. The number of benzene rings is 1. The fourth-order valence-corrected chi connectivity index (χ4v) is 2.54. The second-order valence-corrected chi connectivity index (χ2v) is 6.01. The van der Waals surface area contributed by atoms with Gasteiger partial charge in [0, 0.05) is 5.41 Å². The van der Waals surface area contributed by atoms with Crippen LogP contribution < -0.4 is 10.6 Å². The van der Waals surface area contributed by atoms with Crippen LogP contribution in [0.25, 0.3) is 0 Å². The molecule has 2 rings (SSSR count). The summed E-state index contributed by atoms with van der Waals surface area (Å²) in [7, 11) is 0. The van der Waals surface area contributed by atoms with Crippen LogP contribution >= 0.6 is 0 Å². The smallest absolute Gasteiger partial charge is 0.226 e. The predicted octanol–water partition coefficient (Wildman–Crippen LogP) is 2.70. The van der Waals surface area contributed by atoms with Crippen LogP contribution in [-0.2, 0) is 4.79 Å². The molecule has 0 saturated carbocycles. The normalized spacial score (nSPS) is 19.4. The monoisotopic (exact) mass is 278 g/mol.